The van der Waals surface area contributed by atoms with Gasteiger partial charge in [-0.25, -0.2) is 0 Å². The molecule has 0 fully saturated rings. The van der Waals surface area contributed by atoms with Crippen LogP contribution in [0.1, 0.15) is 84.8 Å². The number of aryl methyl sites for hydroxylation is 1. The molecule has 0 aliphatic carbocycles. The van der Waals surface area contributed by atoms with Crippen molar-refractivity contribution in [2.75, 3.05) is 0 Å². The summed E-state index contributed by atoms with van der Waals surface area (Å²) in [6.07, 6.45) is 10.9. The predicted octanol–water partition coefficient (Wildman–Crippen LogP) is 6.91. The van der Waals surface area contributed by atoms with E-state index in [9.17, 15) is 0 Å². The minimum Gasteiger partial charge on any atom is -0.120 e. The summed E-state index contributed by atoms with van der Waals surface area (Å²) in [5, 5.41) is 0. The van der Waals surface area contributed by atoms with Crippen molar-refractivity contribution in [3.8, 4) is 12.3 Å². The summed E-state index contributed by atoms with van der Waals surface area (Å²) in [4.78, 5) is 0. The molecule has 1 aromatic carbocycles. The Morgan fingerprint density at radius 1 is 0.905 bits per heavy atom. The van der Waals surface area contributed by atoms with Gasteiger partial charge in [0.1, 0.15) is 0 Å². The quantitative estimate of drug-likeness (QED) is 0.419. The average Bonchev–Trinajstić information content (AvgIpc) is 2.45. The summed E-state index contributed by atoms with van der Waals surface area (Å²) < 4.78 is 0. The van der Waals surface area contributed by atoms with Crippen LogP contribution in [0.2, 0.25) is 0 Å². The van der Waals surface area contributed by atoms with Gasteiger partial charge < -0.3 is 0 Å². The third kappa shape index (κ3) is 15.0. The monoisotopic (exact) mass is 288 g/mol. The van der Waals surface area contributed by atoms with Crippen molar-refractivity contribution in [2.24, 2.45) is 0 Å². The normalized spacial score (nSPS) is 9.62. The molecular formula is C21H36. The molecule has 0 aromatic heterocycles. The van der Waals surface area contributed by atoms with Gasteiger partial charge in [-0.2, -0.15) is 0 Å². The van der Waals surface area contributed by atoms with Gasteiger partial charge in [0.2, 0.25) is 0 Å². The van der Waals surface area contributed by atoms with Crippen molar-refractivity contribution in [1.29, 1.82) is 0 Å². The minimum absolute atomic E-state index is 0.285. The van der Waals surface area contributed by atoms with Gasteiger partial charge in [0, 0.05) is 6.42 Å². The number of terminal acetylenes is 1. The first-order valence-electron chi connectivity index (χ1n) is 8.33. The van der Waals surface area contributed by atoms with Crippen LogP contribution in [0.5, 0.6) is 0 Å². The zero-order valence-corrected chi connectivity index (χ0v) is 15.4. The van der Waals surface area contributed by atoms with Crippen LogP contribution in [0, 0.1) is 19.3 Å². The molecule has 0 saturated heterocycles. The van der Waals surface area contributed by atoms with Gasteiger partial charge in [0.25, 0.3) is 0 Å². The summed E-state index contributed by atoms with van der Waals surface area (Å²) in [6.45, 7) is 15.3. The van der Waals surface area contributed by atoms with Crippen LogP contribution >= 0.6 is 0 Å². The van der Waals surface area contributed by atoms with Gasteiger partial charge in [0.05, 0.1) is 0 Å². The lowest BCUT2D eigenvalue weighted by Crippen LogP contribution is -2.10. The van der Waals surface area contributed by atoms with E-state index in [-0.39, 0.29) is 5.41 Å². The maximum atomic E-state index is 4.96. The molecular weight excluding hydrogens is 252 g/mol. The van der Waals surface area contributed by atoms with E-state index in [1.165, 1.54) is 36.8 Å². The molecule has 1 rings (SSSR count). The molecule has 0 bridgehead atoms. The Balaban J connectivity index is 0. The van der Waals surface area contributed by atoms with Gasteiger partial charge >= 0.3 is 0 Å². The van der Waals surface area contributed by atoms with Crippen molar-refractivity contribution < 1.29 is 0 Å². The number of unbranched alkanes of at least 4 members (excludes halogenated alkanes) is 3. The Hall–Kier alpha value is -1.22. The van der Waals surface area contributed by atoms with Crippen LogP contribution in [0.3, 0.4) is 0 Å². The molecule has 0 amide bonds. The lowest BCUT2D eigenvalue weighted by molar-refractivity contribution is 0.590. The molecule has 0 atom stereocenters. The highest BCUT2D eigenvalue weighted by atomic mass is 14.2. The second kappa shape index (κ2) is 13.7. The fourth-order valence-electron chi connectivity index (χ4n) is 1.33. The highest BCUT2D eigenvalue weighted by Gasteiger charge is 2.11. The summed E-state index contributed by atoms with van der Waals surface area (Å²) >= 11 is 0. The van der Waals surface area contributed by atoms with Gasteiger partial charge in [-0.1, -0.05) is 90.6 Å². The maximum Gasteiger partial charge on any atom is 0.00859 e. The molecule has 1 aromatic rings. The Labute approximate surface area is 134 Å². The third-order valence-electron chi connectivity index (χ3n) is 3.09. The molecule has 0 aliphatic heterocycles. The van der Waals surface area contributed by atoms with E-state index in [1.807, 2.05) is 0 Å². The van der Waals surface area contributed by atoms with Crippen LogP contribution in [0.4, 0.5) is 0 Å². The highest BCUT2D eigenvalue weighted by Crippen LogP contribution is 2.21. The minimum atomic E-state index is 0.285. The van der Waals surface area contributed by atoms with Gasteiger partial charge in [-0.05, 0) is 24.3 Å². The largest absolute Gasteiger partial charge is 0.120 e. The second-order valence-electron chi connectivity index (χ2n) is 6.42. The molecule has 0 heterocycles. The van der Waals surface area contributed by atoms with Gasteiger partial charge in [-0.3, -0.25) is 0 Å². The van der Waals surface area contributed by atoms with E-state index in [0.717, 1.165) is 6.42 Å². The number of hydrogen-bond donors (Lipinski definition) is 0. The SMILES string of the molecule is C#CCCCC.CCCC.Cc1ccc(C(C)(C)C)cc1. The van der Waals surface area contributed by atoms with Crippen molar-refractivity contribution in [2.45, 2.75) is 86.0 Å². The number of hydrogen-bond acceptors (Lipinski definition) is 0. The Morgan fingerprint density at radius 2 is 1.38 bits per heavy atom. The molecule has 0 radical (unpaired) electrons. The van der Waals surface area contributed by atoms with Crippen LogP contribution in [0.25, 0.3) is 0 Å². The first-order chi connectivity index (χ1) is 9.83. The van der Waals surface area contributed by atoms with E-state index < -0.39 is 0 Å². The highest BCUT2D eigenvalue weighted by molar-refractivity contribution is 5.26. The van der Waals surface area contributed by atoms with Crippen LogP contribution < -0.4 is 0 Å². The fraction of sp³-hybridized carbons (Fsp3) is 0.619. The summed E-state index contributed by atoms with van der Waals surface area (Å²) in [5.41, 5.74) is 3.02. The van der Waals surface area contributed by atoms with Crippen molar-refractivity contribution in [3.05, 3.63) is 35.4 Å². The summed E-state index contributed by atoms with van der Waals surface area (Å²) in [6, 6.07) is 8.74. The summed E-state index contributed by atoms with van der Waals surface area (Å²) in [5.74, 6) is 2.57. The van der Waals surface area contributed by atoms with Gasteiger partial charge in [-0.15, -0.1) is 12.3 Å². The first-order valence-corrected chi connectivity index (χ1v) is 8.33. The predicted molar refractivity (Wildman–Crippen MR) is 98.8 cm³/mol. The molecule has 0 nitrogen and oxygen atoms in total. The standard InChI is InChI=1S/C11H16.C6H10.C4H10/c1-9-5-7-10(8-6-9)11(2,3)4;1-3-5-6-4-2;1-3-4-2/h5-8H,1-4H3;1H,4-6H2,2H3;3-4H2,1-2H3. The smallest absolute Gasteiger partial charge is 0.00859 e. The van der Waals surface area contributed by atoms with Crippen LogP contribution in [0.15, 0.2) is 24.3 Å². The topological polar surface area (TPSA) is 0 Å². The van der Waals surface area contributed by atoms with Crippen molar-refractivity contribution >= 4 is 0 Å². The van der Waals surface area contributed by atoms with E-state index in [2.05, 4.69) is 78.7 Å². The van der Waals surface area contributed by atoms with E-state index >= 15 is 0 Å². The molecule has 0 spiro atoms. The lowest BCUT2D eigenvalue weighted by atomic mass is 9.87. The number of rotatable bonds is 3. The van der Waals surface area contributed by atoms with Crippen LogP contribution in [-0.4, -0.2) is 0 Å². The Kier molecular flexibility index (Phi) is 14.4. The molecule has 0 unspecified atom stereocenters. The second-order valence-corrected chi connectivity index (χ2v) is 6.42. The Bertz CT molecular complexity index is 355. The van der Waals surface area contributed by atoms with Crippen LogP contribution in [-0.2, 0) is 5.41 Å². The van der Waals surface area contributed by atoms with E-state index in [0.29, 0.717) is 0 Å². The van der Waals surface area contributed by atoms with Crippen molar-refractivity contribution in [3.63, 3.8) is 0 Å². The molecule has 0 saturated carbocycles. The molecule has 0 heteroatoms. The zero-order valence-electron chi connectivity index (χ0n) is 15.4. The molecule has 120 valence electrons. The van der Waals surface area contributed by atoms with Gasteiger partial charge in [0.15, 0.2) is 0 Å². The van der Waals surface area contributed by atoms with E-state index in [4.69, 9.17) is 6.42 Å². The average molecular weight is 289 g/mol. The lowest BCUT2D eigenvalue weighted by Gasteiger charge is -2.18. The zero-order chi connectivity index (χ0) is 16.7. The number of benzene rings is 1. The molecule has 21 heavy (non-hydrogen) atoms. The fourth-order valence-corrected chi connectivity index (χ4v) is 1.33. The maximum absolute atomic E-state index is 4.96. The van der Waals surface area contributed by atoms with E-state index in [1.54, 1.807) is 0 Å². The third-order valence-corrected chi connectivity index (χ3v) is 3.09. The molecule has 0 aliphatic rings. The summed E-state index contributed by atoms with van der Waals surface area (Å²) in [7, 11) is 0. The van der Waals surface area contributed by atoms with Crippen molar-refractivity contribution in [1.82, 2.24) is 0 Å². The Morgan fingerprint density at radius 3 is 1.62 bits per heavy atom. The first kappa shape index (κ1) is 22.1. The molecule has 0 N–H and O–H groups in total.